The molecule has 0 saturated carbocycles. The van der Waals surface area contributed by atoms with Crippen LogP contribution in [0.4, 0.5) is 10.1 Å². The van der Waals surface area contributed by atoms with E-state index >= 15 is 0 Å². The van der Waals surface area contributed by atoms with Gasteiger partial charge in [-0.15, -0.1) is 0 Å². The summed E-state index contributed by atoms with van der Waals surface area (Å²) in [6.07, 6.45) is 2.23. The predicted molar refractivity (Wildman–Crippen MR) is 90.6 cm³/mol. The summed E-state index contributed by atoms with van der Waals surface area (Å²) in [5.74, 6) is -0.872. The van der Waals surface area contributed by atoms with E-state index in [-0.39, 0.29) is 29.7 Å². The Morgan fingerprint density at radius 3 is 2.80 bits per heavy atom. The van der Waals surface area contributed by atoms with Gasteiger partial charge in [-0.2, -0.15) is 0 Å². The summed E-state index contributed by atoms with van der Waals surface area (Å²) < 4.78 is 14.7. The fourth-order valence-electron chi connectivity index (χ4n) is 2.80. The summed E-state index contributed by atoms with van der Waals surface area (Å²) in [4.78, 5) is 35.8. The number of aromatic nitrogens is 1. The van der Waals surface area contributed by atoms with Gasteiger partial charge in [-0.25, -0.2) is 4.39 Å². The topological polar surface area (TPSA) is 80.2 Å². The first-order valence-electron chi connectivity index (χ1n) is 7.93. The van der Waals surface area contributed by atoms with Crippen molar-refractivity contribution in [3.05, 3.63) is 64.3 Å². The number of pyridine rings is 1. The van der Waals surface area contributed by atoms with Gasteiger partial charge in [0.15, 0.2) is 0 Å². The molecule has 0 unspecified atom stereocenters. The molecule has 1 aromatic carbocycles. The van der Waals surface area contributed by atoms with Crippen LogP contribution < -0.4 is 16.2 Å². The number of hydrogen-bond donors (Lipinski definition) is 2. The van der Waals surface area contributed by atoms with Gasteiger partial charge in [-0.3, -0.25) is 14.4 Å². The number of benzene rings is 1. The molecule has 1 atom stereocenters. The van der Waals surface area contributed by atoms with Gasteiger partial charge in [0.1, 0.15) is 11.4 Å². The van der Waals surface area contributed by atoms with E-state index < -0.39 is 5.54 Å². The average Bonchev–Trinajstić information content (AvgIpc) is 2.91. The molecule has 1 aliphatic heterocycles. The monoisotopic (exact) mass is 343 g/mol. The van der Waals surface area contributed by atoms with Gasteiger partial charge in [-0.1, -0.05) is 12.1 Å². The molecule has 1 saturated heterocycles. The van der Waals surface area contributed by atoms with Crippen molar-refractivity contribution < 1.29 is 14.0 Å². The van der Waals surface area contributed by atoms with Crippen LogP contribution in [0.15, 0.2) is 47.4 Å². The summed E-state index contributed by atoms with van der Waals surface area (Å²) in [6.45, 7) is 1.85. The molecule has 7 heteroatoms. The second-order valence-electron chi connectivity index (χ2n) is 6.35. The molecule has 2 N–H and O–H groups in total. The first-order chi connectivity index (χ1) is 11.9. The molecule has 0 bridgehead atoms. The van der Waals surface area contributed by atoms with Gasteiger partial charge in [0.2, 0.25) is 11.8 Å². The van der Waals surface area contributed by atoms with Crippen molar-refractivity contribution in [1.82, 2.24) is 9.88 Å². The zero-order chi connectivity index (χ0) is 18.0. The standard InChI is InChI=1S/C18H18FN3O3/c1-18(8-7-15(23)21-18)17(25)20-14-5-6-16(24)22(11-14)10-12-3-2-4-13(19)9-12/h2-6,9,11H,7-8,10H2,1H3,(H,20,25)(H,21,23)/t18-/m0/s1. The van der Waals surface area contributed by atoms with Crippen LogP contribution >= 0.6 is 0 Å². The molecule has 1 fully saturated rings. The lowest BCUT2D eigenvalue weighted by molar-refractivity contribution is -0.125. The Morgan fingerprint density at radius 1 is 1.32 bits per heavy atom. The van der Waals surface area contributed by atoms with E-state index in [0.717, 1.165) is 0 Å². The van der Waals surface area contributed by atoms with Gasteiger partial charge >= 0.3 is 0 Å². The van der Waals surface area contributed by atoms with Crippen LogP contribution in [0.25, 0.3) is 0 Å². The molecule has 130 valence electrons. The molecule has 0 aliphatic carbocycles. The Kier molecular flexibility index (Phi) is 4.39. The van der Waals surface area contributed by atoms with E-state index in [1.54, 1.807) is 19.1 Å². The molecule has 1 aromatic heterocycles. The molecular formula is C18H18FN3O3. The highest BCUT2D eigenvalue weighted by atomic mass is 19.1. The number of halogens is 1. The van der Waals surface area contributed by atoms with Crippen LogP contribution in [0.1, 0.15) is 25.3 Å². The van der Waals surface area contributed by atoms with Crippen LogP contribution in [-0.2, 0) is 16.1 Å². The maximum absolute atomic E-state index is 13.3. The second kappa shape index (κ2) is 6.51. The van der Waals surface area contributed by atoms with E-state index in [1.165, 1.54) is 35.0 Å². The highest BCUT2D eigenvalue weighted by Gasteiger charge is 2.39. The number of hydrogen-bond acceptors (Lipinski definition) is 3. The SMILES string of the molecule is C[C@@]1(C(=O)Nc2ccc(=O)n(Cc3cccc(F)c3)c2)CCC(=O)N1. The number of nitrogens with zero attached hydrogens (tertiary/aromatic N) is 1. The Bertz CT molecular complexity index is 893. The lowest BCUT2D eigenvalue weighted by Gasteiger charge is -2.22. The number of carbonyl (C=O) groups is 2. The second-order valence-corrected chi connectivity index (χ2v) is 6.35. The first kappa shape index (κ1) is 16.9. The van der Waals surface area contributed by atoms with Crippen molar-refractivity contribution in [3.8, 4) is 0 Å². The van der Waals surface area contributed by atoms with Gasteiger partial charge in [0, 0.05) is 18.7 Å². The minimum Gasteiger partial charge on any atom is -0.342 e. The number of nitrogens with one attached hydrogen (secondary N) is 2. The Morgan fingerprint density at radius 2 is 2.12 bits per heavy atom. The Balaban J connectivity index is 1.78. The maximum atomic E-state index is 13.3. The van der Waals surface area contributed by atoms with Crippen LogP contribution in [0, 0.1) is 5.82 Å². The first-order valence-corrected chi connectivity index (χ1v) is 7.93. The van der Waals surface area contributed by atoms with Gasteiger partial charge < -0.3 is 15.2 Å². The van der Waals surface area contributed by atoms with Gasteiger partial charge in [0.05, 0.1) is 12.2 Å². The normalized spacial score (nSPS) is 19.5. The third-order valence-corrected chi connectivity index (χ3v) is 4.25. The molecule has 2 amide bonds. The van der Waals surface area contributed by atoms with E-state index in [0.29, 0.717) is 24.1 Å². The minimum atomic E-state index is -0.958. The molecular weight excluding hydrogens is 325 g/mol. The van der Waals surface area contributed by atoms with Crippen molar-refractivity contribution >= 4 is 17.5 Å². The van der Waals surface area contributed by atoms with Crippen LogP contribution in [-0.4, -0.2) is 21.9 Å². The third kappa shape index (κ3) is 3.76. The molecule has 25 heavy (non-hydrogen) atoms. The third-order valence-electron chi connectivity index (χ3n) is 4.25. The fraction of sp³-hybridized carbons (Fsp3) is 0.278. The van der Waals surface area contributed by atoms with Crippen molar-refractivity contribution in [2.75, 3.05) is 5.32 Å². The maximum Gasteiger partial charge on any atom is 0.250 e. The highest BCUT2D eigenvalue weighted by molar-refractivity contribution is 6.02. The van der Waals surface area contributed by atoms with Crippen molar-refractivity contribution in [3.63, 3.8) is 0 Å². The smallest absolute Gasteiger partial charge is 0.250 e. The van der Waals surface area contributed by atoms with E-state index in [4.69, 9.17) is 0 Å². The molecule has 0 spiro atoms. The summed E-state index contributed by atoms with van der Waals surface area (Å²) in [5, 5.41) is 5.38. The number of carbonyl (C=O) groups excluding carboxylic acids is 2. The largest absolute Gasteiger partial charge is 0.342 e. The van der Waals surface area contributed by atoms with E-state index in [2.05, 4.69) is 10.6 Å². The zero-order valence-corrected chi connectivity index (χ0v) is 13.7. The molecule has 1 aliphatic rings. The van der Waals surface area contributed by atoms with Crippen LogP contribution in [0.2, 0.25) is 0 Å². The van der Waals surface area contributed by atoms with E-state index in [1.807, 2.05) is 0 Å². The summed E-state index contributed by atoms with van der Waals surface area (Å²) >= 11 is 0. The van der Waals surface area contributed by atoms with Crippen molar-refractivity contribution in [1.29, 1.82) is 0 Å². The van der Waals surface area contributed by atoms with E-state index in [9.17, 15) is 18.8 Å². The zero-order valence-electron chi connectivity index (χ0n) is 13.7. The summed E-state index contributed by atoms with van der Waals surface area (Å²) in [5.41, 5.74) is -0.146. The summed E-state index contributed by atoms with van der Waals surface area (Å²) in [7, 11) is 0. The number of anilines is 1. The molecule has 0 radical (unpaired) electrons. The van der Waals surface area contributed by atoms with Crippen molar-refractivity contribution in [2.45, 2.75) is 31.8 Å². The lowest BCUT2D eigenvalue weighted by Crippen LogP contribution is -2.49. The van der Waals surface area contributed by atoms with Crippen LogP contribution in [0.5, 0.6) is 0 Å². The van der Waals surface area contributed by atoms with Gasteiger partial charge in [-0.05, 0) is 37.1 Å². The minimum absolute atomic E-state index is 0.159. The molecule has 2 heterocycles. The Labute approximate surface area is 143 Å². The number of rotatable bonds is 4. The quantitative estimate of drug-likeness (QED) is 0.886. The Hall–Kier alpha value is -2.96. The van der Waals surface area contributed by atoms with Crippen LogP contribution in [0.3, 0.4) is 0 Å². The van der Waals surface area contributed by atoms with Gasteiger partial charge in [0.25, 0.3) is 5.56 Å². The predicted octanol–water partition coefficient (Wildman–Crippen LogP) is 1.64. The average molecular weight is 343 g/mol. The summed E-state index contributed by atoms with van der Waals surface area (Å²) in [6, 6.07) is 8.82. The molecule has 3 rings (SSSR count). The highest BCUT2D eigenvalue weighted by Crippen LogP contribution is 2.21. The lowest BCUT2D eigenvalue weighted by atomic mass is 9.99. The van der Waals surface area contributed by atoms with Crippen molar-refractivity contribution in [2.24, 2.45) is 0 Å². The molecule has 2 aromatic rings. The fourth-order valence-corrected chi connectivity index (χ4v) is 2.80. The number of amides is 2. The molecule has 6 nitrogen and oxygen atoms in total.